The molecule has 2 atom stereocenters. The van der Waals surface area contributed by atoms with Gasteiger partial charge in [-0.15, -0.1) is 0 Å². The second-order valence-corrected chi connectivity index (χ2v) is 5.95. The Hall–Kier alpha value is -0.970. The number of nitrogens with zero attached hydrogens (tertiary/aromatic N) is 1. The van der Waals surface area contributed by atoms with E-state index in [1.54, 1.807) is 12.1 Å². The first-order valence-electron chi connectivity index (χ1n) is 6.15. The average Bonchev–Trinajstić information content (AvgIpc) is 2.34. The summed E-state index contributed by atoms with van der Waals surface area (Å²) in [5.74, 6) is -0.303. The van der Waals surface area contributed by atoms with E-state index in [1.165, 1.54) is 12.5 Å². The predicted molar refractivity (Wildman–Crippen MR) is 71.4 cm³/mol. The topological polar surface area (TPSA) is 43.1 Å². The lowest BCUT2D eigenvalue weighted by atomic mass is 9.84. The molecule has 1 aliphatic carbocycles. The molecular formula is C13H15BrFNO2. The van der Waals surface area contributed by atoms with Gasteiger partial charge in [0, 0.05) is 10.9 Å². The minimum absolute atomic E-state index is 0.371. The van der Waals surface area contributed by atoms with Crippen molar-refractivity contribution in [3.05, 3.63) is 39.7 Å². The molecule has 0 bridgehead atoms. The van der Waals surface area contributed by atoms with Crippen LogP contribution < -0.4 is 0 Å². The normalized spacial score (nSPS) is 23.9. The molecule has 0 aliphatic heterocycles. The fraction of sp³-hybridized carbons (Fsp3) is 0.538. The molecule has 2 rings (SSSR count). The Labute approximate surface area is 114 Å². The molecule has 5 heteroatoms. The van der Waals surface area contributed by atoms with Gasteiger partial charge in [0.15, 0.2) is 0 Å². The number of hydrogen-bond donors (Lipinski definition) is 0. The van der Waals surface area contributed by atoms with E-state index in [1.807, 2.05) is 0 Å². The molecule has 98 valence electrons. The predicted octanol–water partition coefficient (Wildman–Crippen LogP) is 4.23. The van der Waals surface area contributed by atoms with Gasteiger partial charge in [0.25, 0.3) is 0 Å². The highest BCUT2D eigenvalue weighted by atomic mass is 79.9. The quantitative estimate of drug-likeness (QED) is 0.476. The molecule has 1 fully saturated rings. The highest BCUT2D eigenvalue weighted by Gasteiger charge is 2.25. The average molecular weight is 316 g/mol. The number of halogens is 2. The number of benzene rings is 1. The molecule has 1 saturated carbocycles. The molecule has 0 radical (unpaired) electrons. The summed E-state index contributed by atoms with van der Waals surface area (Å²) in [6.07, 6.45) is 5.08. The Bertz CT molecular complexity index is 453. The van der Waals surface area contributed by atoms with Gasteiger partial charge in [-0.2, -0.15) is 4.39 Å². The van der Waals surface area contributed by atoms with Crippen LogP contribution in [0.2, 0.25) is 0 Å². The summed E-state index contributed by atoms with van der Waals surface area (Å²) >= 11 is 3.63. The molecule has 0 N–H and O–H groups in total. The minimum atomic E-state index is -0.673. The summed E-state index contributed by atoms with van der Waals surface area (Å²) in [4.78, 5) is 10.4. The molecule has 1 aromatic carbocycles. The van der Waals surface area contributed by atoms with Crippen molar-refractivity contribution in [3.8, 4) is 0 Å². The first-order chi connectivity index (χ1) is 8.59. The second-order valence-electron chi connectivity index (χ2n) is 4.77. The Morgan fingerprint density at radius 3 is 2.78 bits per heavy atom. The molecule has 3 nitrogen and oxygen atoms in total. The molecule has 18 heavy (non-hydrogen) atoms. The largest absolute Gasteiger partial charge is 0.305 e. The highest BCUT2D eigenvalue weighted by Crippen LogP contribution is 2.33. The standard InChI is InChI=1S/C13H15BrFNO2/c14-11-6-2-1-4-9(11)8-10-5-3-7-12(13(10)15)16(17)18/h3,5,7,9,11H,1-2,4,6,8H2. The van der Waals surface area contributed by atoms with E-state index in [4.69, 9.17) is 0 Å². The van der Waals surface area contributed by atoms with Crippen LogP contribution >= 0.6 is 15.9 Å². The number of hydrogen-bond acceptors (Lipinski definition) is 2. The first-order valence-corrected chi connectivity index (χ1v) is 7.07. The van der Waals surface area contributed by atoms with E-state index in [-0.39, 0.29) is 0 Å². The van der Waals surface area contributed by atoms with Crippen molar-refractivity contribution in [1.82, 2.24) is 0 Å². The summed E-state index contributed by atoms with van der Waals surface area (Å²) in [5, 5.41) is 10.7. The Morgan fingerprint density at radius 1 is 1.39 bits per heavy atom. The van der Waals surface area contributed by atoms with Crippen LogP contribution in [0.3, 0.4) is 0 Å². The van der Waals surface area contributed by atoms with Crippen LogP contribution in [0.15, 0.2) is 18.2 Å². The molecule has 0 aromatic heterocycles. The van der Waals surface area contributed by atoms with Gasteiger partial charge in [-0.05, 0) is 30.7 Å². The van der Waals surface area contributed by atoms with Crippen LogP contribution in [0.4, 0.5) is 10.1 Å². The summed E-state index contributed by atoms with van der Waals surface area (Å²) in [6.45, 7) is 0. The van der Waals surface area contributed by atoms with Crippen molar-refractivity contribution in [1.29, 1.82) is 0 Å². The van der Waals surface area contributed by atoms with Crippen LogP contribution in [0.5, 0.6) is 0 Å². The Kier molecular flexibility index (Phi) is 4.32. The lowest BCUT2D eigenvalue weighted by Gasteiger charge is -2.27. The van der Waals surface area contributed by atoms with Crippen molar-refractivity contribution >= 4 is 21.6 Å². The third-order valence-electron chi connectivity index (χ3n) is 3.55. The summed E-state index contributed by atoms with van der Waals surface area (Å²) in [5.41, 5.74) is 0.0370. The zero-order chi connectivity index (χ0) is 13.1. The van der Waals surface area contributed by atoms with E-state index >= 15 is 0 Å². The summed E-state index contributed by atoms with van der Waals surface area (Å²) in [6, 6.07) is 4.42. The molecule has 0 heterocycles. The van der Waals surface area contributed by atoms with Crippen molar-refractivity contribution in [3.63, 3.8) is 0 Å². The van der Waals surface area contributed by atoms with Gasteiger partial charge in [-0.3, -0.25) is 10.1 Å². The van der Waals surface area contributed by atoms with Gasteiger partial charge in [0.05, 0.1) is 4.92 Å². The van der Waals surface area contributed by atoms with E-state index in [2.05, 4.69) is 15.9 Å². The van der Waals surface area contributed by atoms with Crippen molar-refractivity contribution < 1.29 is 9.31 Å². The zero-order valence-corrected chi connectivity index (χ0v) is 11.5. The number of alkyl halides is 1. The van der Waals surface area contributed by atoms with E-state index in [9.17, 15) is 14.5 Å². The van der Waals surface area contributed by atoms with Crippen LogP contribution in [0.25, 0.3) is 0 Å². The van der Waals surface area contributed by atoms with Crippen LogP contribution in [-0.2, 0) is 6.42 Å². The Morgan fingerprint density at radius 2 is 2.11 bits per heavy atom. The lowest BCUT2D eigenvalue weighted by Crippen LogP contribution is -2.21. The van der Waals surface area contributed by atoms with E-state index in [0.717, 1.165) is 19.3 Å². The molecular weight excluding hydrogens is 301 g/mol. The van der Waals surface area contributed by atoms with Crippen molar-refractivity contribution in [2.45, 2.75) is 36.9 Å². The summed E-state index contributed by atoms with van der Waals surface area (Å²) in [7, 11) is 0. The Balaban J connectivity index is 2.18. The minimum Gasteiger partial charge on any atom is -0.258 e. The first kappa shape index (κ1) is 13.5. The van der Waals surface area contributed by atoms with Crippen LogP contribution in [0.1, 0.15) is 31.2 Å². The molecule has 0 spiro atoms. The van der Waals surface area contributed by atoms with Gasteiger partial charge in [0.1, 0.15) is 0 Å². The van der Waals surface area contributed by atoms with Gasteiger partial charge >= 0.3 is 5.69 Å². The number of rotatable bonds is 3. The number of nitro benzene ring substituents is 1. The zero-order valence-electron chi connectivity index (χ0n) is 9.94. The summed E-state index contributed by atoms with van der Waals surface area (Å²) < 4.78 is 13.9. The lowest BCUT2D eigenvalue weighted by molar-refractivity contribution is -0.387. The molecule has 2 unspecified atom stereocenters. The smallest absolute Gasteiger partial charge is 0.258 e. The van der Waals surface area contributed by atoms with Gasteiger partial charge in [-0.1, -0.05) is 40.9 Å². The van der Waals surface area contributed by atoms with Gasteiger partial charge in [-0.25, -0.2) is 0 Å². The maximum Gasteiger partial charge on any atom is 0.305 e. The molecule has 0 saturated heterocycles. The maximum atomic E-state index is 13.9. The maximum absolute atomic E-state index is 13.9. The van der Waals surface area contributed by atoms with Crippen LogP contribution in [0, 0.1) is 21.8 Å². The number of nitro groups is 1. The fourth-order valence-electron chi connectivity index (χ4n) is 2.54. The third kappa shape index (κ3) is 2.88. The van der Waals surface area contributed by atoms with Gasteiger partial charge in [0.2, 0.25) is 5.82 Å². The van der Waals surface area contributed by atoms with E-state index in [0.29, 0.717) is 22.7 Å². The molecule has 1 aromatic rings. The second kappa shape index (κ2) is 5.78. The van der Waals surface area contributed by atoms with Crippen LogP contribution in [-0.4, -0.2) is 9.75 Å². The SMILES string of the molecule is O=[N+]([O-])c1cccc(CC2CCCCC2Br)c1F. The highest BCUT2D eigenvalue weighted by molar-refractivity contribution is 9.09. The van der Waals surface area contributed by atoms with E-state index < -0.39 is 16.4 Å². The monoisotopic (exact) mass is 315 g/mol. The fourth-order valence-corrected chi connectivity index (χ4v) is 3.31. The molecule has 0 amide bonds. The van der Waals surface area contributed by atoms with Gasteiger partial charge < -0.3 is 0 Å². The third-order valence-corrected chi connectivity index (χ3v) is 4.76. The molecule has 1 aliphatic rings. The van der Waals surface area contributed by atoms with Crippen molar-refractivity contribution in [2.75, 3.05) is 0 Å². The van der Waals surface area contributed by atoms with Crippen molar-refractivity contribution in [2.24, 2.45) is 5.92 Å².